The molecular formula is C11H17N3S. The highest BCUT2D eigenvalue weighted by Crippen LogP contribution is 2.25. The van der Waals surface area contributed by atoms with E-state index in [-0.39, 0.29) is 6.04 Å². The third-order valence-electron chi connectivity index (χ3n) is 2.54. The van der Waals surface area contributed by atoms with Crippen LogP contribution in [0.4, 0.5) is 0 Å². The topological polar surface area (TPSA) is 51.8 Å². The Morgan fingerprint density at radius 2 is 2.27 bits per heavy atom. The van der Waals surface area contributed by atoms with Crippen molar-refractivity contribution in [2.45, 2.75) is 38.5 Å². The van der Waals surface area contributed by atoms with Gasteiger partial charge in [0.2, 0.25) is 0 Å². The molecule has 1 unspecified atom stereocenters. The summed E-state index contributed by atoms with van der Waals surface area (Å²) in [6.45, 7) is 3.99. The molecule has 1 aromatic rings. The average molecular weight is 223 g/mol. The van der Waals surface area contributed by atoms with E-state index in [1.165, 1.54) is 22.7 Å². The normalized spacial score (nSPS) is 17.3. The SMILES string of the molecule is Cc1nc2c(c(CC(C)N)n1)CSCC2. The quantitative estimate of drug-likeness (QED) is 0.825. The van der Waals surface area contributed by atoms with Crippen LogP contribution in [0.2, 0.25) is 0 Å². The maximum Gasteiger partial charge on any atom is 0.125 e. The van der Waals surface area contributed by atoms with Crippen molar-refractivity contribution in [3.63, 3.8) is 0 Å². The molecule has 82 valence electrons. The standard InChI is InChI=1S/C11H17N3S/c1-7(12)5-11-9-6-15-4-3-10(9)13-8(2)14-11/h7H,3-6,12H2,1-2H3. The van der Waals surface area contributed by atoms with Gasteiger partial charge in [-0.15, -0.1) is 0 Å². The van der Waals surface area contributed by atoms with E-state index in [1.807, 2.05) is 25.6 Å². The third-order valence-corrected chi connectivity index (χ3v) is 3.52. The Morgan fingerprint density at radius 3 is 3.00 bits per heavy atom. The summed E-state index contributed by atoms with van der Waals surface area (Å²) in [5.41, 5.74) is 9.60. The van der Waals surface area contributed by atoms with Crippen LogP contribution in [0.25, 0.3) is 0 Å². The Morgan fingerprint density at radius 1 is 1.47 bits per heavy atom. The smallest absolute Gasteiger partial charge is 0.125 e. The zero-order valence-electron chi connectivity index (χ0n) is 9.29. The first-order valence-electron chi connectivity index (χ1n) is 5.35. The molecule has 1 aromatic heterocycles. The molecule has 1 atom stereocenters. The van der Waals surface area contributed by atoms with Gasteiger partial charge in [0.1, 0.15) is 5.82 Å². The predicted octanol–water partition coefficient (Wildman–Crippen LogP) is 1.46. The van der Waals surface area contributed by atoms with Gasteiger partial charge >= 0.3 is 0 Å². The second-order valence-electron chi connectivity index (χ2n) is 4.13. The van der Waals surface area contributed by atoms with Gasteiger partial charge in [-0.05, 0) is 26.0 Å². The lowest BCUT2D eigenvalue weighted by Gasteiger charge is -2.19. The molecule has 2 rings (SSSR count). The molecule has 0 fully saturated rings. The molecule has 0 aliphatic carbocycles. The van der Waals surface area contributed by atoms with Crippen LogP contribution in [-0.4, -0.2) is 21.8 Å². The predicted molar refractivity (Wildman–Crippen MR) is 64.0 cm³/mol. The second kappa shape index (κ2) is 4.49. The molecule has 0 spiro atoms. The number of thioether (sulfide) groups is 1. The van der Waals surface area contributed by atoms with Crippen LogP contribution in [-0.2, 0) is 18.6 Å². The van der Waals surface area contributed by atoms with Gasteiger partial charge in [-0.3, -0.25) is 0 Å². The average Bonchev–Trinajstić information content (AvgIpc) is 2.16. The van der Waals surface area contributed by atoms with Gasteiger partial charge in [-0.25, -0.2) is 9.97 Å². The summed E-state index contributed by atoms with van der Waals surface area (Å²) in [5, 5.41) is 0. The summed E-state index contributed by atoms with van der Waals surface area (Å²) in [7, 11) is 0. The van der Waals surface area contributed by atoms with Crippen molar-refractivity contribution in [2.75, 3.05) is 5.75 Å². The van der Waals surface area contributed by atoms with E-state index in [9.17, 15) is 0 Å². The molecule has 0 bridgehead atoms. The molecule has 2 N–H and O–H groups in total. The van der Waals surface area contributed by atoms with Gasteiger partial charge in [-0.1, -0.05) is 0 Å². The van der Waals surface area contributed by atoms with Gasteiger partial charge in [0.25, 0.3) is 0 Å². The first kappa shape index (κ1) is 10.9. The van der Waals surface area contributed by atoms with E-state index in [2.05, 4.69) is 9.97 Å². The van der Waals surface area contributed by atoms with Crippen molar-refractivity contribution in [2.24, 2.45) is 5.73 Å². The van der Waals surface area contributed by atoms with Crippen LogP contribution in [0, 0.1) is 6.92 Å². The van der Waals surface area contributed by atoms with Crippen molar-refractivity contribution < 1.29 is 0 Å². The van der Waals surface area contributed by atoms with Crippen molar-refractivity contribution in [1.29, 1.82) is 0 Å². The largest absolute Gasteiger partial charge is 0.328 e. The second-order valence-corrected chi connectivity index (χ2v) is 5.23. The number of aromatic nitrogens is 2. The molecule has 0 saturated heterocycles. The summed E-state index contributed by atoms with van der Waals surface area (Å²) in [6.07, 6.45) is 1.95. The number of aryl methyl sites for hydroxylation is 2. The lowest BCUT2D eigenvalue weighted by atomic mass is 10.1. The summed E-state index contributed by atoms with van der Waals surface area (Å²) in [5.74, 6) is 3.12. The minimum Gasteiger partial charge on any atom is -0.328 e. The fraction of sp³-hybridized carbons (Fsp3) is 0.636. The van der Waals surface area contributed by atoms with Gasteiger partial charge in [0.15, 0.2) is 0 Å². The molecule has 2 heterocycles. The Balaban J connectivity index is 2.38. The number of fused-ring (bicyclic) bond motifs is 1. The van der Waals surface area contributed by atoms with E-state index < -0.39 is 0 Å². The fourth-order valence-electron chi connectivity index (χ4n) is 1.91. The van der Waals surface area contributed by atoms with Crippen molar-refractivity contribution in [3.8, 4) is 0 Å². The molecule has 4 heteroatoms. The molecular weight excluding hydrogens is 206 g/mol. The van der Waals surface area contributed by atoms with Crippen LogP contribution in [0.5, 0.6) is 0 Å². The highest BCUT2D eigenvalue weighted by Gasteiger charge is 2.17. The Hall–Kier alpha value is -0.610. The van der Waals surface area contributed by atoms with Gasteiger partial charge in [0, 0.05) is 35.2 Å². The van der Waals surface area contributed by atoms with E-state index >= 15 is 0 Å². The Bertz CT molecular complexity index is 363. The lowest BCUT2D eigenvalue weighted by Crippen LogP contribution is -2.22. The zero-order valence-corrected chi connectivity index (χ0v) is 10.1. The summed E-state index contributed by atoms with van der Waals surface area (Å²) >= 11 is 1.96. The first-order chi connectivity index (χ1) is 7.16. The first-order valence-corrected chi connectivity index (χ1v) is 6.51. The van der Waals surface area contributed by atoms with Gasteiger partial charge < -0.3 is 5.73 Å². The Labute approximate surface area is 94.9 Å². The molecule has 1 aliphatic rings. The Kier molecular flexibility index (Phi) is 3.26. The molecule has 15 heavy (non-hydrogen) atoms. The summed E-state index contributed by atoms with van der Waals surface area (Å²) in [6, 6.07) is 0.176. The molecule has 0 amide bonds. The molecule has 3 nitrogen and oxygen atoms in total. The highest BCUT2D eigenvalue weighted by molar-refractivity contribution is 7.98. The molecule has 0 radical (unpaired) electrons. The third kappa shape index (κ3) is 2.49. The number of nitrogens with two attached hydrogens (primary N) is 1. The minimum absolute atomic E-state index is 0.176. The van der Waals surface area contributed by atoms with Crippen LogP contribution >= 0.6 is 11.8 Å². The van der Waals surface area contributed by atoms with Crippen LogP contribution in [0.15, 0.2) is 0 Å². The van der Waals surface area contributed by atoms with E-state index in [1.54, 1.807) is 0 Å². The number of nitrogens with zero attached hydrogens (tertiary/aromatic N) is 2. The molecule has 0 aromatic carbocycles. The number of hydrogen-bond acceptors (Lipinski definition) is 4. The number of rotatable bonds is 2. The van der Waals surface area contributed by atoms with Crippen molar-refractivity contribution in [3.05, 3.63) is 22.8 Å². The van der Waals surface area contributed by atoms with Crippen molar-refractivity contribution in [1.82, 2.24) is 9.97 Å². The maximum absolute atomic E-state index is 5.84. The molecule has 1 aliphatic heterocycles. The molecule has 0 saturated carbocycles. The van der Waals surface area contributed by atoms with E-state index in [0.717, 1.165) is 24.4 Å². The van der Waals surface area contributed by atoms with E-state index in [0.29, 0.717) is 0 Å². The van der Waals surface area contributed by atoms with Crippen LogP contribution < -0.4 is 5.73 Å². The van der Waals surface area contributed by atoms with Gasteiger partial charge in [0.05, 0.1) is 0 Å². The number of hydrogen-bond donors (Lipinski definition) is 1. The highest BCUT2D eigenvalue weighted by atomic mass is 32.2. The zero-order chi connectivity index (χ0) is 10.8. The van der Waals surface area contributed by atoms with Crippen LogP contribution in [0.1, 0.15) is 29.7 Å². The summed E-state index contributed by atoms with van der Waals surface area (Å²) < 4.78 is 0. The lowest BCUT2D eigenvalue weighted by molar-refractivity contribution is 0.704. The summed E-state index contributed by atoms with van der Waals surface area (Å²) in [4.78, 5) is 9.04. The van der Waals surface area contributed by atoms with Crippen LogP contribution in [0.3, 0.4) is 0 Å². The fourth-order valence-corrected chi connectivity index (χ4v) is 2.93. The van der Waals surface area contributed by atoms with Crippen molar-refractivity contribution >= 4 is 11.8 Å². The maximum atomic E-state index is 5.84. The monoisotopic (exact) mass is 223 g/mol. The van der Waals surface area contributed by atoms with E-state index in [4.69, 9.17) is 5.73 Å². The minimum atomic E-state index is 0.176. The van der Waals surface area contributed by atoms with Gasteiger partial charge in [-0.2, -0.15) is 11.8 Å².